The molecule has 0 amide bonds. The summed E-state index contributed by atoms with van der Waals surface area (Å²) in [5, 5.41) is 0.855. The second kappa shape index (κ2) is 6.07. The van der Waals surface area contributed by atoms with Gasteiger partial charge in [-0.2, -0.15) is 4.31 Å². The highest BCUT2D eigenvalue weighted by molar-refractivity contribution is 9.10. The first-order valence-electron chi connectivity index (χ1n) is 5.49. The molecule has 0 saturated carbocycles. The van der Waals surface area contributed by atoms with Gasteiger partial charge in [-0.05, 0) is 28.9 Å². The van der Waals surface area contributed by atoms with Gasteiger partial charge in [-0.3, -0.25) is 0 Å². The lowest BCUT2D eigenvalue weighted by molar-refractivity contribution is 0.469. The zero-order valence-corrected chi connectivity index (χ0v) is 14.6. The minimum absolute atomic E-state index is 0.0164. The summed E-state index contributed by atoms with van der Waals surface area (Å²) in [5.41, 5.74) is 0. The van der Waals surface area contributed by atoms with E-state index in [0.717, 1.165) is 9.88 Å². The Balaban J connectivity index is 2.32. The third kappa shape index (κ3) is 3.37. The van der Waals surface area contributed by atoms with E-state index in [-0.39, 0.29) is 16.6 Å². The first-order valence-corrected chi connectivity index (χ1v) is 8.92. The number of rotatable bonds is 4. The maximum Gasteiger partial charge on any atom is 0.246 e. The van der Waals surface area contributed by atoms with Crippen molar-refractivity contribution in [2.75, 3.05) is 7.05 Å². The standard InChI is InChI=1S/C11H11BrClN3O2S2/c1-7-14-5-9(19-7)6-16(2)20(17,18)10-3-8(12)4-15-11(10)13/h3-5H,6H2,1-2H3. The Morgan fingerprint density at radius 3 is 2.70 bits per heavy atom. The molecule has 5 nitrogen and oxygen atoms in total. The van der Waals surface area contributed by atoms with Gasteiger partial charge >= 0.3 is 0 Å². The number of aryl methyl sites for hydroxylation is 1. The number of aromatic nitrogens is 2. The summed E-state index contributed by atoms with van der Waals surface area (Å²) < 4.78 is 26.8. The summed E-state index contributed by atoms with van der Waals surface area (Å²) in [6.45, 7) is 2.12. The molecule has 2 aromatic heterocycles. The van der Waals surface area contributed by atoms with Gasteiger partial charge in [0.15, 0.2) is 0 Å². The van der Waals surface area contributed by atoms with Crippen LogP contribution in [0.15, 0.2) is 27.8 Å². The van der Waals surface area contributed by atoms with Gasteiger partial charge in [-0.15, -0.1) is 11.3 Å². The summed E-state index contributed by atoms with van der Waals surface area (Å²) in [7, 11) is -2.19. The molecular weight excluding hydrogens is 386 g/mol. The summed E-state index contributed by atoms with van der Waals surface area (Å²) in [4.78, 5) is 8.80. The van der Waals surface area contributed by atoms with Crippen molar-refractivity contribution in [2.24, 2.45) is 0 Å². The SMILES string of the molecule is Cc1ncc(CN(C)S(=O)(=O)c2cc(Br)cnc2Cl)s1. The Kier molecular flexibility index (Phi) is 4.80. The van der Waals surface area contributed by atoms with Crippen molar-refractivity contribution in [3.8, 4) is 0 Å². The van der Waals surface area contributed by atoms with Gasteiger partial charge in [-0.25, -0.2) is 18.4 Å². The minimum atomic E-state index is -3.69. The maximum atomic E-state index is 12.5. The third-order valence-electron chi connectivity index (χ3n) is 2.51. The molecule has 0 spiro atoms. The van der Waals surface area contributed by atoms with Crippen LogP contribution in [0.4, 0.5) is 0 Å². The normalized spacial score (nSPS) is 12.1. The largest absolute Gasteiger partial charge is 0.250 e. The lowest BCUT2D eigenvalue weighted by atomic mass is 10.5. The molecule has 2 heterocycles. The van der Waals surface area contributed by atoms with E-state index < -0.39 is 10.0 Å². The van der Waals surface area contributed by atoms with Crippen LogP contribution in [0.2, 0.25) is 5.15 Å². The first kappa shape index (κ1) is 15.8. The van der Waals surface area contributed by atoms with E-state index in [2.05, 4.69) is 25.9 Å². The van der Waals surface area contributed by atoms with Crippen molar-refractivity contribution in [2.45, 2.75) is 18.4 Å². The van der Waals surface area contributed by atoms with Crippen LogP contribution in [0.3, 0.4) is 0 Å². The number of thiazole rings is 1. The lowest BCUT2D eigenvalue weighted by Gasteiger charge is -2.16. The van der Waals surface area contributed by atoms with Crippen molar-refractivity contribution >= 4 is 48.9 Å². The highest BCUT2D eigenvalue weighted by Crippen LogP contribution is 2.26. The molecule has 0 atom stereocenters. The van der Waals surface area contributed by atoms with Gasteiger partial charge in [0.05, 0.1) is 5.01 Å². The van der Waals surface area contributed by atoms with Crippen LogP contribution in [-0.2, 0) is 16.6 Å². The molecule has 0 fully saturated rings. The van der Waals surface area contributed by atoms with E-state index in [4.69, 9.17) is 11.6 Å². The highest BCUT2D eigenvalue weighted by Gasteiger charge is 2.25. The lowest BCUT2D eigenvalue weighted by Crippen LogP contribution is -2.26. The van der Waals surface area contributed by atoms with Crippen LogP contribution < -0.4 is 0 Å². The number of halogens is 2. The van der Waals surface area contributed by atoms with Gasteiger partial charge in [0.2, 0.25) is 10.0 Å². The molecule has 0 saturated heterocycles. The van der Waals surface area contributed by atoms with Crippen LogP contribution in [0.25, 0.3) is 0 Å². The second-order valence-electron chi connectivity index (χ2n) is 4.05. The maximum absolute atomic E-state index is 12.5. The fourth-order valence-electron chi connectivity index (χ4n) is 1.54. The molecule has 108 valence electrons. The minimum Gasteiger partial charge on any atom is -0.250 e. The molecule has 0 bridgehead atoms. The molecule has 2 rings (SSSR count). The summed E-state index contributed by atoms with van der Waals surface area (Å²) in [6, 6.07) is 1.44. The molecule has 0 aromatic carbocycles. The Morgan fingerprint density at radius 1 is 1.40 bits per heavy atom. The van der Waals surface area contributed by atoms with Gasteiger partial charge in [-0.1, -0.05) is 11.6 Å². The molecule has 0 unspecified atom stereocenters. The monoisotopic (exact) mass is 395 g/mol. The Bertz CT molecular complexity index is 733. The quantitative estimate of drug-likeness (QED) is 0.745. The molecule has 20 heavy (non-hydrogen) atoms. The molecule has 0 N–H and O–H groups in total. The Hall–Kier alpha value is -0.540. The number of nitrogens with zero attached hydrogens (tertiary/aromatic N) is 3. The molecule has 0 aliphatic carbocycles. The fourth-order valence-corrected chi connectivity index (χ4v) is 4.53. The highest BCUT2D eigenvalue weighted by atomic mass is 79.9. The van der Waals surface area contributed by atoms with Crippen LogP contribution in [0.1, 0.15) is 9.88 Å². The van der Waals surface area contributed by atoms with Gasteiger partial charge < -0.3 is 0 Å². The number of pyridine rings is 1. The smallest absolute Gasteiger partial charge is 0.246 e. The van der Waals surface area contributed by atoms with Crippen LogP contribution >= 0.6 is 38.9 Å². The van der Waals surface area contributed by atoms with Gasteiger partial charge in [0, 0.05) is 35.3 Å². The molecule has 0 aliphatic heterocycles. The fraction of sp³-hybridized carbons (Fsp3) is 0.273. The molecule has 9 heteroatoms. The second-order valence-corrected chi connectivity index (χ2v) is 8.66. The van der Waals surface area contributed by atoms with Crippen molar-refractivity contribution in [3.63, 3.8) is 0 Å². The predicted molar refractivity (Wildman–Crippen MR) is 82.5 cm³/mol. The van der Waals surface area contributed by atoms with Gasteiger partial charge in [0.1, 0.15) is 10.0 Å². The molecular formula is C11H11BrClN3O2S2. The van der Waals surface area contributed by atoms with E-state index >= 15 is 0 Å². The summed E-state index contributed by atoms with van der Waals surface area (Å²) in [6.07, 6.45) is 3.13. The van der Waals surface area contributed by atoms with E-state index in [9.17, 15) is 8.42 Å². The molecule has 0 aliphatic rings. The van der Waals surface area contributed by atoms with E-state index in [0.29, 0.717) is 4.47 Å². The van der Waals surface area contributed by atoms with E-state index in [1.165, 1.54) is 35.0 Å². The summed E-state index contributed by atoms with van der Waals surface area (Å²) >= 11 is 10.5. The van der Waals surface area contributed by atoms with Gasteiger partial charge in [0.25, 0.3) is 0 Å². The van der Waals surface area contributed by atoms with E-state index in [1.807, 2.05) is 6.92 Å². The van der Waals surface area contributed by atoms with Crippen molar-refractivity contribution in [1.29, 1.82) is 0 Å². The third-order valence-corrected chi connectivity index (χ3v) is 6.07. The molecule has 2 aromatic rings. The van der Waals surface area contributed by atoms with Crippen LogP contribution in [-0.4, -0.2) is 29.7 Å². The average molecular weight is 397 g/mol. The predicted octanol–water partition coefficient (Wildman–Crippen LogP) is 3.08. The van der Waals surface area contributed by atoms with Crippen molar-refractivity contribution < 1.29 is 8.42 Å². The topological polar surface area (TPSA) is 63.2 Å². The van der Waals surface area contributed by atoms with Crippen LogP contribution in [0.5, 0.6) is 0 Å². The van der Waals surface area contributed by atoms with Crippen molar-refractivity contribution in [1.82, 2.24) is 14.3 Å². The van der Waals surface area contributed by atoms with Crippen molar-refractivity contribution in [3.05, 3.63) is 38.0 Å². The van der Waals surface area contributed by atoms with Crippen LogP contribution in [0, 0.1) is 6.92 Å². The Morgan fingerprint density at radius 2 is 2.10 bits per heavy atom. The Labute approximate surface area is 134 Å². The molecule has 0 radical (unpaired) electrons. The van der Waals surface area contributed by atoms with E-state index in [1.54, 1.807) is 6.20 Å². The zero-order chi connectivity index (χ0) is 14.9. The average Bonchev–Trinajstić information content (AvgIpc) is 2.77. The zero-order valence-electron chi connectivity index (χ0n) is 10.7. The summed E-state index contributed by atoms with van der Waals surface area (Å²) in [5.74, 6) is 0. The number of hydrogen-bond donors (Lipinski definition) is 0. The first-order chi connectivity index (χ1) is 9.30. The number of hydrogen-bond acceptors (Lipinski definition) is 5. The number of sulfonamides is 1.